The number of hydrogen-bond acceptors (Lipinski definition) is 2. The van der Waals surface area contributed by atoms with Crippen molar-refractivity contribution in [3.05, 3.63) is 58.1 Å². The number of aryl methyl sites for hydroxylation is 2. The topological polar surface area (TPSA) is 38.3 Å². The van der Waals surface area contributed by atoms with Gasteiger partial charge in [0.1, 0.15) is 5.75 Å². The number of benzene rings is 2. The highest BCUT2D eigenvalue weighted by atomic mass is 35.5. The van der Waals surface area contributed by atoms with Gasteiger partial charge in [-0.05, 0) is 55.3 Å². The van der Waals surface area contributed by atoms with Gasteiger partial charge in [0.2, 0.25) is 0 Å². The summed E-state index contributed by atoms with van der Waals surface area (Å²) in [6.45, 7) is 3.82. The molecule has 0 saturated heterocycles. The van der Waals surface area contributed by atoms with Gasteiger partial charge in [-0.25, -0.2) is 0 Å². The van der Waals surface area contributed by atoms with E-state index in [9.17, 15) is 4.79 Å². The molecule has 4 heteroatoms. The Bertz CT molecular complexity index is 653. The van der Waals surface area contributed by atoms with Crippen LogP contribution in [0.3, 0.4) is 0 Å². The van der Waals surface area contributed by atoms with Gasteiger partial charge >= 0.3 is 0 Å². The maximum Gasteiger partial charge on any atom is 0.255 e. The highest BCUT2D eigenvalue weighted by Gasteiger charge is 2.09. The number of amides is 1. The maximum absolute atomic E-state index is 12.2. The highest BCUT2D eigenvalue weighted by molar-refractivity contribution is 6.31. The zero-order valence-corrected chi connectivity index (χ0v) is 12.4. The molecule has 2 aromatic rings. The van der Waals surface area contributed by atoms with Crippen molar-refractivity contribution in [2.24, 2.45) is 0 Å². The summed E-state index contributed by atoms with van der Waals surface area (Å²) in [7, 11) is 1.61. The third-order valence-electron chi connectivity index (χ3n) is 3.09. The lowest BCUT2D eigenvalue weighted by molar-refractivity contribution is 0.102. The summed E-state index contributed by atoms with van der Waals surface area (Å²) < 4.78 is 5.18. The monoisotopic (exact) mass is 289 g/mol. The highest BCUT2D eigenvalue weighted by Crippen LogP contribution is 2.22. The van der Waals surface area contributed by atoms with E-state index in [2.05, 4.69) is 5.32 Å². The normalized spacial score (nSPS) is 10.2. The Hall–Kier alpha value is -2.00. The second-order valence-electron chi connectivity index (χ2n) is 4.60. The summed E-state index contributed by atoms with van der Waals surface area (Å²) >= 11 is 6.04. The Morgan fingerprint density at radius 3 is 2.45 bits per heavy atom. The van der Waals surface area contributed by atoms with Crippen LogP contribution in [-0.4, -0.2) is 13.0 Å². The minimum Gasteiger partial charge on any atom is -0.496 e. The number of hydrogen-bond donors (Lipinski definition) is 1. The van der Waals surface area contributed by atoms with Gasteiger partial charge < -0.3 is 10.1 Å². The largest absolute Gasteiger partial charge is 0.496 e. The van der Waals surface area contributed by atoms with Crippen LogP contribution in [0.25, 0.3) is 0 Å². The van der Waals surface area contributed by atoms with Crippen molar-refractivity contribution in [2.45, 2.75) is 13.8 Å². The molecule has 0 radical (unpaired) electrons. The molecule has 0 spiro atoms. The number of carbonyl (C=O) groups is 1. The number of carbonyl (C=O) groups excluding carboxylic acids is 1. The van der Waals surface area contributed by atoms with Gasteiger partial charge in [0.15, 0.2) is 0 Å². The fourth-order valence-electron chi connectivity index (χ4n) is 1.89. The molecule has 0 saturated carbocycles. The Morgan fingerprint density at radius 1 is 1.10 bits per heavy atom. The molecule has 104 valence electrons. The molecular formula is C16H16ClNO2. The molecule has 0 aliphatic heterocycles. The second kappa shape index (κ2) is 5.97. The van der Waals surface area contributed by atoms with Crippen molar-refractivity contribution in [3.8, 4) is 5.75 Å². The van der Waals surface area contributed by atoms with Crippen LogP contribution in [-0.2, 0) is 0 Å². The number of ether oxygens (including phenoxy) is 1. The molecular weight excluding hydrogens is 274 g/mol. The van der Waals surface area contributed by atoms with Gasteiger partial charge in [-0.3, -0.25) is 4.79 Å². The van der Waals surface area contributed by atoms with Crippen LogP contribution in [0.1, 0.15) is 21.5 Å². The van der Waals surface area contributed by atoms with Gasteiger partial charge in [0.05, 0.1) is 7.11 Å². The third-order valence-corrected chi connectivity index (χ3v) is 3.49. The van der Waals surface area contributed by atoms with Crippen molar-refractivity contribution in [3.63, 3.8) is 0 Å². The van der Waals surface area contributed by atoms with Gasteiger partial charge in [0.25, 0.3) is 5.91 Å². The zero-order chi connectivity index (χ0) is 14.7. The first-order valence-corrected chi connectivity index (χ1v) is 6.61. The Balaban J connectivity index is 2.19. The van der Waals surface area contributed by atoms with Crippen LogP contribution in [0.15, 0.2) is 36.4 Å². The predicted octanol–water partition coefficient (Wildman–Crippen LogP) is 4.22. The van der Waals surface area contributed by atoms with E-state index in [-0.39, 0.29) is 5.91 Å². The van der Waals surface area contributed by atoms with Crippen LogP contribution in [0.2, 0.25) is 5.02 Å². The molecule has 2 aromatic carbocycles. The van der Waals surface area contributed by atoms with Gasteiger partial charge in [-0.2, -0.15) is 0 Å². The zero-order valence-electron chi connectivity index (χ0n) is 11.7. The smallest absolute Gasteiger partial charge is 0.255 e. The SMILES string of the molecule is COc1ccc(C(=O)Nc2ccc(C)c(Cl)c2)cc1C. The molecule has 0 fully saturated rings. The van der Waals surface area contributed by atoms with E-state index >= 15 is 0 Å². The first kappa shape index (κ1) is 14.4. The molecule has 0 atom stereocenters. The van der Waals surface area contributed by atoms with Crippen LogP contribution < -0.4 is 10.1 Å². The van der Waals surface area contributed by atoms with E-state index in [0.29, 0.717) is 16.3 Å². The van der Waals surface area contributed by atoms with E-state index in [4.69, 9.17) is 16.3 Å². The third kappa shape index (κ3) is 3.11. The summed E-state index contributed by atoms with van der Waals surface area (Å²) in [5.41, 5.74) is 3.16. The average molecular weight is 290 g/mol. The van der Waals surface area contributed by atoms with Crippen molar-refractivity contribution in [1.29, 1.82) is 0 Å². The lowest BCUT2D eigenvalue weighted by Gasteiger charge is -2.09. The number of rotatable bonds is 3. The molecule has 1 N–H and O–H groups in total. The molecule has 0 heterocycles. The average Bonchev–Trinajstić information content (AvgIpc) is 2.42. The van der Waals surface area contributed by atoms with Crippen LogP contribution in [0.4, 0.5) is 5.69 Å². The molecule has 0 bridgehead atoms. The molecule has 1 amide bonds. The van der Waals surface area contributed by atoms with Crippen LogP contribution >= 0.6 is 11.6 Å². The molecule has 0 aliphatic rings. The summed E-state index contributed by atoms with van der Waals surface area (Å²) in [6.07, 6.45) is 0. The molecule has 2 rings (SSSR count). The number of methoxy groups -OCH3 is 1. The maximum atomic E-state index is 12.2. The van der Waals surface area contributed by atoms with Crippen molar-refractivity contribution in [2.75, 3.05) is 12.4 Å². The first-order chi connectivity index (χ1) is 9.51. The fourth-order valence-corrected chi connectivity index (χ4v) is 2.07. The van der Waals surface area contributed by atoms with Crippen molar-refractivity contribution >= 4 is 23.2 Å². The second-order valence-corrected chi connectivity index (χ2v) is 5.01. The predicted molar refractivity (Wildman–Crippen MR) is 81.9 cm³/mol. The molecule has 3 nitrogen and oxygen atoms in total. The van der Waals surface area contributed by atoms with Gasteiger partial charge in [-0.15, -0.1) is 0 Å². The van der Waals surface area contributed by atoms with Crippen molar-refractivity contribution in [1.82, 2.24) is 0 Å². The van der Waals surface area contributed by atoms with Gasteiger partial charge in [-0.1, -0.05) is 17.7 Å². The first-order valence-electron chi connectivity index (χ1n) is 6.23. The molecule has 20 heavy (non-hydrogen) atoms. The van der Waals surface area contributed by atoms with E-state index in [1.54, 1.807) is 31.4 Å². The lowest BCUT2D eigenvalue weighted by atomic mass is 10.1. The summed E-state index contributed by atoms with van der Waals surface area (Å²) in [5, 5.41) is 3.46. The van der Waals surface area contributed by atoms with Crippen LogP contribution in [0.5, 0.6) is 5.75 Å². The minimum atomic E-state index is -0.171. The van der Waals surface area contributed by atoms with Crippen LogP contribution in [0, 0.1) is 13.8 Å². The van der Waals surface area contributed by atoms with Gasteiger partial charge in [0, 0.05) is 16.3 Å². The standard InChI is InChI=1S/C16H16ClNO2/c1-10-4-6-13(9-14(10)17)18-16(19)12-5-7-15(20-3)11(2)8-12/h4-9H,1-3H3,(H,18,19). The minimum absolute atomic E-state index is 0.171. The lowest BCUT2D eigenvalue weighted by Crippen LogP contribution is -2.12. The molecule has 0 unspecified atom stereocenters. The number of nitrogens with one attached hydrogen (secondary N) is 1. The molecule has 0 aromatic heterocycles. The Kier molecular flexibility index (Phi) is 4.30. The van der Waals surface area contributed by atoms with E-state index in [1.807, 2.05) is 26.0 Å². The molecule has 0 aliphatic carbocycles. The van der Waals surface area contributed by atoms with Crippen molar-refractivity contribution < 1.29 is 9.53 Å². The summed E-state index contributed by atoms with van der Waals surface area (Å²) in [6, 6.07) is 10.8. The number of halogens is 1. The quantitative estimate of drug-likeness (QED) is 0.919. The van der Waals surface area contributed by atoms with E-state index in [0.717, 1.165) is 16.9 Å². The summed E-state index contributed by atoms with van der Waals surface area (Å²) in [4.78, 5) is 12.2. The Labute approximate surface area is 123 Å². The van der Waals surface area contributed by atoms with E-state index in [1.165, 1.54) is 0 Å². The Morgan fingerprint density at radius 2 is 1.85 bits per heavy atom. The van der Waals surface area contributed by atoms with E-state index < -0.39 is 0 Å². The summed E-state index contributed by atoms with van der Waals surface area (Å²) in [5.74, 6) is 0.593. The number of anilines is 1. The fraction of sp³-hybridized carbons (Fsp3) is 0.188.